The second-order valence-corrected chi connectivity index (χ2v) is 4.88. The lowest BCUT2D eigenvalue weighted by molar-refractivity contribution is 0.0588. The van der Waals surface area contributed by atoms with Crippen molar-refractivity contribution in [1.82, 2.24) is 0 Å². The summed E-state index contributed by atoms with van der Waals surface area (Å²) in [4.78, 5) is 11.7. The van der Waals surface area contributed by atoms with E-state index < -0.39 is 5.60 Å². The molecule has 1 N–H and O–H groups in total. The number of carbonyl (C=O) groups is 1. The molecular weight excluding hydrogens is 235 g/mol. The van der Waals surface area contributed by atoms with Crippen molar-refractivity contribution in [2.24, 2.45) is 0 Å². The van der Waals surface area contributed by atoms with Crippen molar-refractivity contribution in [2.45, 2.75) is 25.9 Å². The van der Waals surface area contributed by atoms with Crippen LogP contribution in [0.5, 0.6) is 0 Å². The molecule has 0 spiro atoms. The Kier molecular flexibility index (Phi) is 3.77. The number of Topliss-reactive ketones (excluding diaryl/α,β-unsaturated/α-hetero) is 1. The first kappa shape index (κ1) is 12.5. The quantitative estimate of drug-likeness (QED) is 0.831. The van der Waals surface area contributed by atoms with Crippen molar-refractivity contribution >= 4 is 29.0 Å². The lowest BCUT2D eigenvalue weighted by Crippen LogP contribution is -2.23. The molecule has 0 aliphatic heterocycles. The van der Waals surface area contributed by atoms with Crippen molar-refractivity contribution in [1.29, 1.82) is 0 Å². The van der Waals surface area contributed by atoms with Gasteiger partial charge < -0.3 is 5.11 Å². The number of carbonyl (C=O) groups excluding carboxylic acids is 1. The van der Waals surface area contributed by atoms with Gasteiger partial charge in [0.15, 0.2) is 5.78 Å². The van der Waals surface area contributed by atoms with Crippen LogP contribution in [0.2, 0.25) is 10.0 Å². The minimum Gasteiger partial charge on any atom is -0.390 e. The van der Waals surface area contributed by atoms with E-state index in [9.17, 15) is 9.90 Å². The molecule has 0 radical (unpaired) electrons. The van der Waals surface area contributed by atoms with Gasteiger partial charge in [0.1, 0.15) is 0 Å². The van der Waals surface area contributed by atoms with Crippen LogP contribution in [0.1, 0.15) is 30.6 Å². The van der Waals surface area contributed by atoms with Crippen LogP contribution >= 0.6 is 23.2 Å². The van der Waals surface area contributed by atoms with E-state index in [-0.39, 0.29) is 12.2 Å². The summed E-state index contributed by atoms with van der Waals surface area (Å²) in [6, 6.07) is 4.69. The first-order valence-corrected chi connectivity index (χ1v) is 5.26. The first-order chi connectivity index (χ1) is 6.79. The summed E-state index contributed by atoms with van der Waals surface area (Å²) in [6.45, 7) is 3.16. The third-order valence-electron chi connectivity index (χ3n) is 1.82. The molecule has 0 atom stereocenters. The second kappa shape index (κ2) is 4.52. The SMILES string of the molecule is CC(C)(O)CC(=O)c1ccc(Cl)cc1Cl. The Morgan fingerprint density at radius 1 is 1.40 bits per heavy atom. The molecule has 1 aromatic rings. The molecule has 0 fully saturated rings. The minimum atomic E-state index is -1.03. The Morgan fingerprint density at radius 3 is 2.47 bits per heavy atom. The highest BCUT2D eigenvalue weighted by Gasteiger charge is 2.20. The van der Waals surface area contributed by atoms with Gasteiger partial charge in [0.2, 0.25) is 0 Å². The summed E-state index contributed by atoms with van der Waals surface area (Å²) in [5.74, 6) is -0.191. The van der Waals surface area contributed by atoms with Gasteiger partial charge in [0.25, 0.3) is 0 Å². The van der Waals surface area contributed by atoms with Gasteiger partial charge in [-0.05, 0) is 32.0 Å². The van der Waals surface area contributed by atoms with Crippen molar-refractivity contribution in [3.63, 3.8) is 0 Å². The highest BCUT2D eigenvalue weighted by Crippen LogP contribution is 2.23. The van der Waals surface area contributed by atoms with Gasteiger partial charge in [0.05, 0.1) is 10.6 Å². The molecule has 0 unspecified atom stereocenters. The largest absolute Gasteiger partial charge is 0.390 e. The first-order valence-electron chi connectivity index (χ1n) is 4.50. The molecule has 0 saturated heterocycles. The van der Waals surface area contributed by atoms with E-state index in [0.29, 0.717) is 15.6 Å². The zero-order valence-corrected chi connectivity index (χ0v) is 10.1. The summed E-state index contributed by atoms with van der Waals surface area (Å²) < 4.78 is 0. The number of halogens is 2. The molecule has 0 aliphatic carbocycles. The van der Waals surface area contributed by atoms with Gasteiger partial charge in [-0.2, -0.15) is 0 Å². The molecule has 2 nitrogen and oxygen atoms in total. The van der Waals surface area contributed by atoms with Crippen molar-refractivity contribution < 1.29 is 9.90 Å². The number of ketones is 1. The summed E-state index contributed by atoms with van der Waals surface area (Å²) >= 11 is 11.6. The van der Waals surface area contributed by atoms with Crippen molar-refractivity contribution in [2.75, 3.05) is 0 Å². The third kappa shape index (κ3) is 3.82. The summed E-state index contributed by atoms with van der Waals surface area (Å²) in [5, 5.41) is 10.3. The smallest absolute Gasteiger partial charge is 0.167 e. The number of hydrogen-bond donors (Lipinski definition) is 1. The predicted molar refractivity (Wildman–Crippen MR) is 61.7 cm³/mol. The summed E-state index contributed by atoms with van der Waals surface area (Å²) in [6.07, 6.45) is 0.0361. The van der Waals surface area contributed by atoms with E-state index in [1.807, 2.05) is 0 Å². The molecule has 0 bridgehead atoms. The molecule has 0 saturated carbocycles. The Balaban J connectivity index is 2.92. The van der Waals surface area contributed by atoms with Crippen LogP contribution in [-0.2, 0) is 0 Å². The lowest BCUT2D eigenvalue weighted by atomic mass is 9.98. The van der Waals surface area contributed by atoms with E-state index in [0.717, 1.165) is 0 Å². The van der Waals surface area contributed by atoms with Gasteiger partial charge in [-0.3, -0.25) is 4.79 Å². The van der Waals surface area contributed by atoms with E-state index in [1.54, 1.807) is 26.0 Å². The van der Waals surface area contributed by atoms with Gasteiger partial charge >= 0.3 is 0 Å². The standard InChI is InChI=1S/C11H12Cl2O2/c1-11(2,15)6-10(14)8-4-3-7(12)5-9(8)13/h3-5,15H,6H2,1-2H3. The van der Waals surface area contributed by atoms with Crippen molar-refractivity contribution in [3.05, 3.63) is 33.8 Å². The van der Waals surface area contributed by atoms with Gasteiger partial charge in [-0.1, -0.05) is 23.2 Å². The van der Waals surface area contributed by atoms with Crippen LogP contribution in [0.15, 0.2) is 18.2 Å². The minimum absolute atomic E-state index is 0.0361. The van der Waals surface area contributed by atoms with Gasteiger partial charge in [0, 0.05) is 17.0 Å². The van der Waals surface area contributed by atoms with Crippen LogP contribution in [0.25, 0.3) is 0 Å². The highest BCUT2D eigenvalue weighted by atomic mass is 35.5. The molecule has 82 valence electrons. The summed E-state index contributed by atoms with van der Waals surface area (Å²) in [7, 11) is 0. The molecule has 0 amide bonds. The molecule has 1 aromatic carbocycles. The Hall–Kier alpha value is -0.570. The van der Waals surface area contributed by atoms with E-state index in [1.165, 1.54) is 6.07 Å². The van der Waals surface area contributed by atoms with Gasteiger partial charge in [-0.15, -0.1) is 0 Å². The second-order valence-electron chi connectivity index (χ2n) is 4.04. The number of aliphatic hydroxyl groups is 1. The Labute approximate surface area is 98.8 Å². The highest BCUT2D eigenvalue weighted by molar-refractivity contribution is 6.36. The maximum absolute atomic E-state index is 11.7. The molecular formula is C11H12Cl2O2. The third-order valence-corrected chi connectivity index (χ3v) is 2.37. The molecule has 15 heavy (non-hydrogen) atoms. The number of hydrogen-bond acceptors (Lipinski definition) is 2. The topological polar surface area (TPSA) is 37.3 Å². The zero-order valence-electron chi connectivity index (χ0n) is 8.55. The zero-order chi connectivity index (χ0) is 11.6. The molecule has 1 rings (SSSR count). The fourth-order valence-corrected chi connectivity index (χ4v) is 1.72. The van der Waals surface area contributed by atoms with Crippen LogP contribution in [-0.4, -0.2) is 16.5 Å². The van der Waals surface area contributed by atoms with Crippen LogP contribution in [0.3, 0.4) is 0 Å². The van der Waals surface area contributed by atoms with E-state index >= 15 is 0 Å². The van der Waals surface area contributed by atoms with Gasteiger partial charge in [-0.25, -0.2) is 0 Å². The Morgan fingerprint density at radius 2 is 2.00 bits per heavy atom. The predicted octanol–water partition coefficient (Wildman–Crippen LogP) is 3.34. The van der Waals surface area contributed by atoms with Crippen LogP contribution in [0, 0.1) is 0 Å². The van der Waals surface area contributed by atoms with E-state index in [2.05, 4.69) is 0 Å². The monoisotopic (exact) mass is 246 g/mol. The molecule has 0 heterocycles. The molecule has 4 heteroatoms. The number of benzene rings is 1. The molecule has 0 aromatic heterocycles. The number of rotatable bonds is 3. The van der Waals surface area contributed by atoms with E-state index in [4.69, 9.17) is 23.2 Å². The molecule has 0 aliphatic rings. The van der Waals surface area contributed by atoms with Crippen LogP contribution < -0.4 is 0 Å². The van der Waals surface area contributed by atoms with Crippen molar-refractivity contribution in [3.8, 4) is 0 Å². The maximum Gasteiger partial charge on any atom is 0.167 e. The maximum atomic E-state index is 11.7. The average molecular weight is 247 g/mol. The lowest BCUT2D eigenvalue weighted by Gasteiger charge is -2.16. The van der Waals surface area contributed by atoms with Crippen LogP contribution in [0.4, 0.5) is 0 Å². The Bertz CT molecular complexity index is 381. The summed E-state index contributed by atoms with van der Waals surface area (Å²) in [5.41, 5.74) is -0.636. The average Bonchev–Trinajstić information content (AvgIpc) is 1.99. The normalized spacial score (nSPS) is 11.5. The fourth-order valence-electron chi connectivity index (χ4n) is 1.20. The fraction of sp³-hybridized carbons (Fsp3) is 0.364.